The third-order valence-electron chi connectivity index (χ3n) is 4.13. The van der Waals surface area contributed by atoms with E-state index in [0.717, 1.165) is 0 Å². The molecule has 0 unspecified atom stereocenters. The van der Waals surface area contributed by atoms with Crippen molar-refractivity contribution in [2.45, 2.75) is 0 Å². The summed E-state index contributed by atoms with van der Waals surface area (Å²) in [6.45, 7) is 0.849. The van der Waals surface area contributed by atoms with Gasteiger partial charge in [-0.25, -0.2) is 0 Å². The molecule has 1 aliphatic heterocycles. The zero-order valence-corrected chi connectivity index (χ0v) is 13.9. The zero-order valence-electron chi connectivity index (χ0n) is 13.9. The molecule has 2 heterocycles. The molecule has 4 rings (SSSR count). The monoisotopic (exact) mass is 367 g/mol. The summed E-state index contributed by atoms with van der Waals surface area (Å²) in [7, 11) is 0. The molecule has 0 saturated carbocycles. The molecule has 2 N–H and O–H groups in total. The number of nitro groups is 1. The average molecular weight is 367 g/mol. The molecule has 27 heavy (non-hydrogen) atoms. The second kappa shape index (κ2) is 6.45. The van der Waals surface area contributed by atoms with Gasteiger partial charge in [0, 0.05) is 41.0 Å². The number of nitrogens with one attached hydrogen (secondary N) is 2. The summed E-state index contributed by atoms with van der Waals surface area (Å²) >= 11 is 0. The molecule has 3 aromatic rings. The second-order valence-electron chi connectivity index (χ2n) is 5.83. The molecular formula is C18H13N3O6. The fourth-order valence-electron chi connectivity index (χ4n) is 2.84. The van der Waals surface area contributed by atoms with E-state index < -0.39 is 16.6 Å². The number of amides is 1. The van der Waals surface area contributed by atoms with Gasteiger partial charge in [0.05, 0.1) is 10.5 Å². The summed E-state index contributed by atoms with van der Waals surface area (Å²) in [5.74, 6) is -0.626. The van der Waals surface area contributed by atoms with Crippen LogP contribution >= 0.6 is 0 Å². The molecule has 2 aromatic carbocycles. The van der Waals surface area contributed by atoms with Gasteiger partial charge in [-0.15, -0.1) is 0 Å². The van der Waals surface area contributed by atoms with Crippen LogP contribution in [0.1, 0.15) is 10.4 Å². The fraction of sp³-hybridized carbons (Fsp3) is 0.111. The van der Waals surface area contributed by atoms with Crippen LogP contribution in [0.5, 0.6) is 11.5 Å². The predicted molar refractivity (Wildman–Crippen MR) is 95.3 cm³/mol. The number of carbonyl (C=O) groups is 2. The number of carbonyl (C=O) groups excluding carboxylic acids is 2. The Morgan fingerprint density at radius 3 is 2.63 bits per heavy atom. The second-order valence-corrected chi connectivity index (χ2v) is 5.83. The molecular weight excluding hydrogens is 354 g/mol. The van der Waals surface area contributed by atoms with Gasteiger partial charge in [0.15, 0.2) is 11.5 Å². The molecule has 0 fully saturated rings. The molecule has 0 bridgehead atoms. The Balaban J connectivity index is 1.59. The van der Waals surface area contributed by atoms with E-state index in [-0.39, 0.29) is 11.3 Å². The van der Waals surface area contributed by atoms with Gasteiger partial charge < -0.3 is 19.8 Å². The number of anilines is 1. The third-order valence-corrected chi connectivity index (χ3v) is 4.13. The van der Waals surface area contributed by atoms with Crippen LogP contribution in [0.4, 0.5) is 11.4 Å². The van der Waals surface area contributed by atoms with Crippen LogP contribution in [0.15, 0.2) is 42.6 Å². The SMILES string of the molecule is O=C(Nc1ccc2c(c1)OCCO2)C(=O)c1c[nH]c2ccc([N+](=O)[O-])cc12. The van der Waals surface area contributed by atoms with Crippen molar-refractivity contribution in [3.05, 3.63) is 58.3 Å². The number of ketones is 1. The minimum Gasteiger partial charge on any atom is -0.486 e. The van der Waals surface area contributed by atoms with E-state index in [9.17, 15) is 19.7 Å². The van der Waals surface area contributed by atoms with Crippen molar-refractivity contribution in [2.75, 3.05) is 18.5 Å². The van der Waals surface area contributed by atoms with E-state index in [0.29, 0.717) is 41.3 Å². The number of aromatic nitrogens is 1. The number of benzene rings is 2. The highest BCUT2D eigenvalue weighted by Crippen LogP contribution is 2.32. The van der Waals surface area contributed by atoms with Gasteiger partial charge in [-0.1, -0.05) is 0 Å². The average Bonchev–Trinajstić information content (AvgIpc) is 3.10. The molecule has 0 radical (unpaired) electrons. The van der Waals surface area contributed by atoms with Gasteiger partial charge >= 0.3 is 0 Å². The maximum atomic E-state index is 12.5. The maximum absolute atomic E-state index is 12.5. The number of Topliss-reactive ketones (excluding diaryl/α,β-unsaturated/α-hetero) is 1. The van der Waals surface area contributed by atoms with Crippen molar-refractivity contribution in [2.24, 2.45) is 0 Å². The van der Waals surface area contributed by atoms with Crippen molar-refractivity contribution in [3.8, 4) is 11.5 Å². The largest absolute Gasteiger partial charge is 0.486 e. The zero-order chi connectivity index (χ0) is 19.0. The van der Waals surface area contributed by atoms with Crippen LogP contribution in [0.25, 0.3) is 10.9 Å². The first-order chi connectivity index (χ1) is 13.0. The van der Waals surface area contributed by atoms with Gasteiger partial charge in [0.25, 0.3) is 17.4 Å². The van der Waals surface area contributed by atoms with Crippen LogP contribution in [-0.2, 0) is 4.79 Å². The standard InChI is InChI=1S/C18H13N3O6/c22-17(13-9-19-14-3-2-11(21(24)25)8-12(13)14)18(23)20-10-1-4-15-16(7-10)27-6-5-26-15/h1-4,7-9,19H,5-6H2,(H,20,23). The van der Waals surface area contributed by atoms with Crippen molar-refractivity contribution < 1.29 is 24.0 Å². The first-order valence-electron chi connectivity index (χ1n) is 8.04. The topological polar surface area (TPSA) is 124 Å². The number of ether oxygens (including phenoxy) is 2. The summed E-state index contributed by atoms with van der Waals surface area (Å²) < 4.78 is 10.8. The normalized spacial score (nSPS) is 12.6. The number of rotatable bonds is 4. The number of hydrogen-bond acceptors (Lipinski definition) is 6. The molecule has 9 nitrogen and oxygen atoms in total. The summed E-state index contributed by atoms with van der Waals surface area (Å²) in [4.78, 5) is 38.1. The molecule has 136 valence electrons. The summed E-state index contributed by atoms with van der Waals surface area (Å²) in [5, 5.41) is 13.8. The van der Waals surface area contributed by atoms with Gasteiger partial charge in [0.1, 0.15) is 13.2 Å². The molecule has 1 aromatic heterocycles. The molecule has 1 amide bonds. The Labute approximate surface area is 152 Å². The van der Waals surface area contributed by atoms with Gasteiger partial charge in [-0.3, -0.25) is 19.7 Å². The molecule has 1 aliphatic rings. The Bertz CT molecular complexity index is 1090. The van der Waals surface area contributed by atoms with Crippen LogP contribution < -0.4 is 14.8 Å². The summed E-state index contributed by atoms with van der Waals surface area (Å²) in [6.07, 6.45) is 1.36. The predicted octanol–water partition coefficient (Wildman–Crippen LogP) is 2.67. The highest BCUT2D eigenvalue weighted by molar-refractivity contribution is 6.48. The Kier molecular flexibility index (Phi) is 3.96. The molecule has 0 saturated heterocycles. The van der Waals surface area contributed by atoms with Crippen LogP contribution in [-0.4, -0.2) is 34.8 Å². The number of nitro benzene ring substituents is 1. The minimum absolute atomic E-state index is 0.0590. The number of nitrogens with zero attached hydrogens (tertiary/aromatic N) is 1. The number of hydrogen-bond donors (Lipinski definition) is 2. The van der Waals surface area contributed by atoms with Crippen molar-refractivity contribution in [1.29, 1.82) is 0 Å². The minimum atomic E-state index is -0.862. The first kappa shape index (κ1) is 16.6. The van der Waals surface area contributed by atoms with Crippen LogP contribution in [0.3, 0.4) is 0 Å². The molecule has 0 spiro atoms. The van der Waals surface area contributed by atoms with E-state index >= 15 is 0 Å². The number of fused-ring (bicyclic) bond motifs is 2. The van der Waals surface area contributed by atoms with Gasteiger partial charge in [0.2, 0.25) is 0 Å². The summed E-state index contributed by atoms with van der Waals surface area (Å²) in [6, 6.07) is 8.88. The highest BCUT2D eigenvalue weighted by atomic mass is 16.6. The van der Waals surface area contributed by atoms with Crippen molar-refractivity contribution in [3.63, 3.8) is 0 Å². The lowest BCUT2D eigenvalue weighted by atomic mass is 10.1. The van der Waals surface area contributed by atoms with Gasteiger partial charge in [-0.2, -0.15) is 0 Å². The Morgan fingerprint density at radius 1 is 1.07 bits per heavy atom. The number of non-ortho nitro benzene ring substituents is 1. The van der Waals surface area contributed by atoms with E-state index in [1.807, 2.05) is 0 Å². The van der Waals surface area contributed by atoms with E-state index in [2.05, 4.69) is 10.3 Å². The number of H-pyrrole nitrogens is 1. The van der Waals surface area contributed by atoms with Crippen LogP contribution in [0, 0.1) is 10.1 Å². The first-order valence-corrected chi connectivity index (χ1v) is 8.04. The highest BCUT2D eigenvalue weighted by Gasteiger charge is 2.22. The summed E-state index contributed by atoms with van der Waals surface area (Å²) in [5.41, 5.74) is 0.798. The fourth-order valence-corrected chi connectivity index (χ4v) is 2.84. The smallest absolute Gasteiger partial charge is 0.296 e. The molecule has 0 atom stereocenters. The maximum Gasteiger partial charge on any atom is 0.296 e. The lowest BCUT2D eigenvalue weighted by Gasteiger charge is -2.18. The van der Waals surface area contributed by atoms with Crippen molar-refractivity contribution in [1.82, 2.24) is 4.98 Å². The molecule has 9 heteroatoms. The lowest BCUT2D eigenvalue weighted by Crippen LogP contribution is -2.23. The lowest BCUT2D eigenvalue weighted by molar-refractivity contribution is -0.384. The Hall–Kier alpha value is -3.88. The van der Waals surface area contributed by atoms with Crippen LogP contribution in [0.2, 0.25) is 0 Å². The third kappa shape index (κ3) is 3.06. The molecule has 0 aliphatic carbocycles. The van der Waals surface area contributed by atoms with E-state index in [1.54, 1.807) is 18.2 Å². The van der Waals surface area contributed by atoms with E-state index in [1.165, 1.54) is 24.4 Å². The van der Waals surface area contributed by atoms with Gasteiger partial charge in [-0.05, 0) is 18.2 Å². The van der Waals surface area contributed by atoms with Crippen molar-refractivity contribution >= 4 is 34.0 Å². The quantitative estimate of drug-likeness (QED) is 0.316. The number of aromatic amines is 1. The Morgan fingerprint density at radius 2 is 1.85 bits per heavy atom. The van der Waals surface area contributed by atoms with E-state index in [4.69, 9.17) is 9.47 Å².